The number of amides is 1. The Kier molecular flexibility index (Phi) is 8.44. The normalized spacial score (nSPS) is 26.1. The van der Waals surface area contributed by atoms with Crippen LogP contribution in [-0.2, 0) is 14.8 Å². The molecule has 1 heterocycles. The van der Waals surface area contributed by atoms with Gasteiger partial charge in [0.2, 0.25) is 15.9 Å². The first-order chi connectivity index (χ1) is 17.5. The molecule has 5 atom stereocenters. The highest BCUT2D eigenvalue weighted by molar-refractivity contribution is 7.89. The molecule has 2 N–H and O–H groups in total. The van der Waals surface area contributed by atoms with Gasteiger partial charge in [-0.05, 0) is 79.8 Å². The second-order valence-electron chi connectivity index (χ2n) is 10.9. The fraction of sp³-hybridized carbons (Fsp3) is 0.483. The van der Waals surface area contributed by atoms with E-state index < -0.39 is 20.7 Å². The third kappa shape index (κ3) is 6.08. The quantitative estimate of drug-likeness (QED) is 0.321. The Labute approximate surface area is 231 Å². The van der Waals surface area contributed by atoms with Gasteiger partial charge in [-0.3, -0.25) is 4.79 Å². The van der Waals surface area contributed by atoms with Crippen LogP contribution in [0.25, 0.3) is 0 Å². The maximum absolute atomic E-state index is 14.5. The van der Waals surface area contributed by atoms with E-state index >= 15 is 0 Å². The lowest BCUT2D eigenvalue weighted by molar-refractivity contribution is -0.155. The van der Waals surface area contributed by atoms with Crippen LogP contribution in [0.4, 0.5) is 0 Å². The number of piperidine rings is 1. The molecule has 0 bridgehead atoms. The van der Waals surface area contributed by atoms with Crippen LogP contribution < -0.4 is 5.14 Å². The van der Waals surface area contributed by atoms with Gasteiger partial charge in [0, 0.05) is 22.0 Å². The molecule has 1 unspecified atom stereocenters. The lowest BCUT2D eigenvalue weighted by Crippen LogP contribution is -2.57. The molecule has 1 amide bonds. The van der Waals surface area contributed by atoms with Crippen LogP contribution in [0.5, 0.6) is 0 Å². The summed E-state index contributed by atoms with van der Waals surface area (Å²) < 4.78 is 25.0. The van der Waals surface area contributed by atoms with Crippen molar-refractivity contribution in [3.63, 3.8) is 0 Å². The summed E-state index contributed by atoms with van der Waals surface area (Å²) in [6.45, 7) is 7.78. The Morgan fingerprint density at radius 1 is 1.14 bits per heavy atom. The molecule has 2 aromatic carbocycles. The minimum atomic E-state index is -3.76. The Balaban J connectivity index is 1.91. The number of rotatable bonds is 10. The van der Waals surface area contributed by atoms with E-state index in [-0.39, 0.29) is 29.8 Å². The number of hydrogen-bond donors (Lipinski definition) is 1. The number of nitrogens with two attached hydrogens (primary N) is 1. The van der Waals surface area contributed by atoms with Crippen molar-refractivity contribution in [2.45, 2.75) is 75.6 Å². The lowest BCUT2D eigenvalue weighted by atomic mass is 9.66. The second-order valence-corrected chi connectivity index (χ2v) is 13.6. The molecule has 2 fully saturated rings. The van der Waals surface area contributed by atoms with Gasteiger partial charge in [0.25, 0.3) is 0 Å². The van der Waals surface area contributed by atoms with Gasteiger partial charge in [0.1, 0.15) is 0 Å². The number of carbonyl (C=O) groups excluding carboxylic acids is 1. The van der Waals surface area contributed by atoms with Crippen molar-refractivity contribution >= 4 is 39.1 Å². The molecule has 1 aliphatic heterocycles. The van der Waals surface area contributed by atoms with Crippen molar-refractivity contribution in [3.05, 3.63) is 82.4 Å². The predicted octanol–water partition coefficient (Wildman–Crippen LogP) is 6.87. The molecule has 2 aromatic rings. The highest BCUT2D eigenvalue weighted by atomic mass is 35.5. The highest BCUT2D eigenvalue weighted by Gasteiger charge is 2.53. The number of nitrogens with zero attached hydrogens (tertiary/aromatic N) is 1. The van der Waals surface area contributed by atoms with E-state index in [4.69, 9.17) is 28.3 Å². The van der Waals surface area contributed by atoms with E-state index in [1.807, 2.05) is 61.2 Å². The molecule has 1 saturated carbocycles. The van der Waals surface area contributed by atoms with Crippen LogP contribution >= 0.6 is 23.2 Å². The van der Waals surface area contributed by atoms with Crippen LogP contribution in [-0.4, -0.2) is 30.5 Å². The van der Waals surface area contributed by atoms with Crippen LogP contribution in [0.3, 0.4) is 0 Å². The van der Waals surface area contributed by atoms with Gasteiger partial charge in [0.15, 0.2) is 0 Å². The smallest absolute Gasteiger partial charge is 0.229 e. The summed E-state index contributed by atoms with van der Waals surface area (Å²) in [5.74, 6) is 0.214. The lowest BCUT2D eigenvalue weighted by Gasteiger charge is -2.52. The molecule has 4 rings (SSSR count). The van der Waals surface area contributed by atoms with Crippen LogP contribution in [0, 0.1) is 11.3 Å². The molecular formula is C29H36Cl2N2O3S. The first kappa shape index (κ1) is 28.2. The molecule has 5 nitrogen and oxygen atoms in total. The zero-order valence-corrected chi connectivity index (χ0v) is 23.8. The van der Waals surface area contributed by atoms with Gasteiger partial charge >= 0.3 is 0 Å². The molecule has 8 heteroatoms. The molecule has 2 aliphatic rings. The minimum absolute atomic E-state index is 0.0341. The molecule has 200 valence electrons. The second kappa shape index (κ2) is 11.1. The Hall–Kier alpha value is -1.86. The fourth-order valence-corrected chi connectivity index (χ4v) is 7.32. The molecule has 1 saturated heterocycles. The van der Waals surface area contributed by atoms with Crippen molar-refractivity contribution in [1.29, 1.82) is 0 Å². The van der Waals surface area contributed by atoms with Crippen molar-refractivity contribution in [1.82, 2.24) is 4.90 Å². The zero-order chi connectivity index (χ0) is 27.0. The molecule has 0 radical (unpaired) electrons. The number of sulfonamides is 1. The van der Waals surface area contributed by atoms with Crippen molar-refractivity contribution in [3.8, 4) is 0 Å². The van der Waals surface area contributed by atoms with E-state index in [0.29, 0.717) is 35.7 Å². The third-order valence-electron chi connectivity index (χ3n) is 8.13. The Bertz CT molecular complexity index is 1250. The van der Waals surface area contributed by atoms with Gasteiger partial charge in [-0.2, -0.15) is 0 Å². The number of primary sulfonamides is 1. The van der Waals surface area contributed by atoms with Crippen molar-refractivity contribution in [2.75, 3.05) is 0 Å². The fourth-order valence-electron chi connectivity index (χ4n) is 6.07. The molecule has 37 heavy (non-hydrogen) atoms. The number of allylic oxidation sites excluding steroid dienone is 1. The Morgan fingerprint density at radius 3 is 2.35 bits per heavy atom. The first-order valence-electron chi connectivity index (χ1n) is 12.9. The molecule has 1 aliphatic carbocycles. The minimum Gasteiger partial charge on any atom is -0.331 e. The van der Waals surface area contributed by atoms with E-state index in [9.17, 15) is 13.2 Å². The summed E-state index contributed by atoms with van der Waals surface area (Å²) in [7, 11) is -3.76. The van der Waals surface area contributed by atoms with Crippen LogP contribution in [0.2, 0.25) is 10.0 Å². The first-order valence-corrected chi connectivity index (χ1v) is 15.3. The third-order valence-corrected chi connectivity index (χ3v) is 10.1. The van der Waals surface area contributed by atoms with Gasteiger partial charge < -0.3 is 4.90 Å². The van der Waals surface area contributed by atoms with Crippen molar-refractivity contribution in [2.24, 2.45) is 16.5 Å². The maximum atomic E-state index is 14.5. The van der Waals surface area contributed by atoms with E-state index in [0.717, 1.165) is 24.0 Å². The average Bonchev–Trinajstić information content (AvgIpc) is 3.67. The summed E-state index contributed by atoms with van der Waals surface area (Å²) in [5.41, 5.74) is 1.33. The number of likely N-dealkylation sites (tertiary alicyclic amines) is 1. The number of hydrogen-bond acceptors (Lipinski definition) is 3. The maximum Gasteiger partial charge on any atom is 0.229 e. The average molecular weight is 564 g/mol. The summed E-state index contributed by atoms with van der Waals surface area (Å²) >= 11 is 12.7. The van der Waals surface area contributed by atoms with E-state index in [1.54, 1.807) is 6.08 Å². The number of benzene rings is 2. The van der Waals surface area contributed by atoms with Gasteiger partial charge in [-0.15, -0.1) is 6.58 Å². The van der Waals surface area contributed by atoms with Gasteiger partial charge in [-0.25, -0.2) is 13.6 Å². The topological polar surface area (TPSA) is 80.5 Å². The largest absolute Gasteiger partial charge is 0.331 e. The predicted molar refractivity (Wildman–Crippen MR) is 151 cm³/mol. The van der Waals surface area contributed by atoms with Gasteiger partial charge in [0.05, 0.1) is 16.7 Å². The summed E-state index contributed by atoms with van der Waals surface area (Å²) in [6.07, 6.45) is 5.59. The molecular weight excluding hydrogens is 527 g/mol. The number of halogens is 2. The van der Waals surface area contributed by atoms with E-state index in [2.05, 4.69) is 12.6 Å². The van der Waals surface area contributed by atoms with Gasteiger partial charge in [-0.1, -0.05) is 67.4 Å². The molecule has 0 spiro atoms. The summed E-state index contributed by atoms with van der Waals surface area (Å²) in [5, 5.41) is 6.19. The zero-order valence-electron chi connectivity index (χ0n) is 21.4. The molecule has 0 aromatic heterocycles. The Morgan fingerprint density at radius 2 is 1.81 bits per heavy atom. The monoisotopic (exact) mass is 562 g/mol. The number of carbonyl (C=O) groups is 1. The van der Waals surface area contributed by atoms with E-state index in [1.165, 1.54) is 0 Å². The standard InChI is InChI=1S/C29H36Cl2N2O3S/c1-4-15-29(3)18-25(21-7-6-8-23(31)16-21)27(20-11-13-22(30)14-12-20)33(28(29)34)26(19-9-10-19)17-24(5-2)37(32,35)36/h4,6-8,11-14,16,19,24-27H,1,5,9-10,15,17-18H2,2-3H3,(H2,32,35,36)/t24?,25-,26+,27-,29+/m1/s1. The summed E-state index contributed by atoms with van der Waals surface area (Å²) in [6, 6.07) is 14.9. The summed E-state index contributed by atoms with van der Waals surface area (Å²) in [4.78, 5) is 16.5. The highest BCUT2D eigenvalue weighted by Crippen LogP contribution is 2.54. The SMILES string of the molecule is C=CC[C@@]1(C)C[C@H](c2cccc(Cl)c2)[C@@H](c2ccc(Cl)cc2)N([C@@H](CC(CC)S(N)(=O)=O)C2CC2)C1=O. The van der Waals surface area contributed by atoms with Crippen LogP contribution in [0.1, 0.15) is 75.5 Å². The van der Waals surface area contributed by atoms with Crippen molar-refractivity contribution < 1.29 is 13.2 Å². The van der Waals surface area contributed by atoms with Crippen LogP contribution in [0.15, 0.2) is 61.2 Å².